The van der Waals surface area contributed by atoms with Crippen LogP contribution in [0, 0.1) is 0 Å². The fraction of sp³-hybridized carbons (Fsp3) is 0.435. The Bertz CT molecular complexity index is 922. The molecular weight excluding hydrogens is 395 g/mol. The molecular formula is C23H24F3NO3. The number of carbonyl (C=O) groups is 1. The molecule has 2 aromatic rings. The van der Waals surface area contributed by atoms with Crippen LogP contribution in [0.4, 0.5) is 18.9 Å². The van der Waals surface area contributed by atoms with Crippen molar-refractivity contribution in [1.82, 2.24) is 0 Å². The Balaban J connectivity index is 1.55. The SMILES string of the molecule is COc1ccc([C@@H]2CC(=O)N(c3cccc(C(F)(F)F)c3)C2)cc1OC1CCCC1. The van der Waals surface area contributed by atoms with Gasteiger partial charge in [-0.05, 0) is 61.6 Å². The summed E-state index contributed by atoms with van der Waals surface area (Å²) in [4.78, 5) is 14.0. The van der Waals surface area contributed by atoms with E-state index in [0.29, 0.717) is 18.0 Å². The second kappa shape index (κ2) is 8.20. The van der Waals surface area contributed by atoms with Crippen LogP contribution in [0.25, 0.3) is 0 Å². The first-order chi connectivity index (χ1) is 14.3. The summed E-state index contributed by atoms with van der Waals surface area (Å²) in [5.74, 6) is 0.994. The van der Waals surface area contributed by atoms with Gasteiger partial charge in [0.15, 0.2) is 11.5 Å². The first-order valence-corrected chi connectivity index (χ1v) is 10.2. The van der Waals surface area contributed by atoms with Gasteiger partial charge in [-0.3, -0.25) is 4.79 Å². The van der Waals surface area contributed by atoms with E-state index in [4.69, 9.17) is 9.47 Å². The molecule has 160 valence electrons. The first-order valence-electron chi connectivity index (χ1n) is 10.2. The molecule has 2 fully saturated rings. The van der Waals surface area contributed by atoms with E-state index in [0.717, 1.165) is 43.4 Å². The number of halogens is 3. The molecule has 2 aliphatic rings. The number of nitrogens with zero attached hydrogens (tertiary/aromatic N) is 1. The van der Waals surface area contributed by atoms with E-state index in [1.165, 1.54) is 17.0 Å². The number of rotatable bonds is 5. The zero-order valence-electron chi connectivity index (χ0n) is 16.7. The molecule has 2 aromatic carbocycles. The molecule has 0 unspecified atom stereocenters. The average Bonchev–Trinajstić information content (AvgIpc) is 3.37. The van der Waals surface area contributed by atoms with Crippen LogP contribution in [-0.2, 0) is 11.0 Å². The van der Waals surface area contributed by atoms with Crippen molar-refractivity contribution >= 4 is 11.6 Å². The maximum absolute atomic E-state index is 13.0. The zero-order chi connectivity index (χ0) is 21.3. The third-order valence-electron chi connectivity index (χ3n) is 5.87. The predicted octanol–water partition coefficient (Wildman–Crippen LogP) is 5.56. The molecule has 4 rings (SSSR count). The minimum atomic E-state index is -4.44. The van der Waals surface area contributed by atoms with Gasteiger partial charge in [-0.25, -0.2) is 0 Å². The van der Waals surface area contributed by atoms with E-state index in [9.17, 15) is 18.0 Å². The van der Waals surface area contributed by atoms with Gasteiger partial charge in [0.1, 0.15) is 0 Å². The van der Waals surface area contributed by atoms with Gasteiger partial charge in [0, 0.05) is 24.6 Å². The van der Waals surface area contributed by atoms with Crippen LogP contribution in [0.1, 0.15) is 49.1 Å². The van der Waals surface area contributed by atoms with Crippen molar-refractivity contribution in [2.75, 3.05) is 18.6 Å². The zero-order valence-corrected chi connectivity index (χ0v) is 16.7. The van der Waals surface area contributed by atoms with Gasteiger partial charge in [-0.1, -0.05) is 12.1 Å². The van der Waals surface area contributed by atoms with Gasteiger partial charge in [0.05, 0.1) is 18.8 Å². The van der Waals surface area contributed by atoms with Crippen LogP contribution in [0.3, 0.4) is 0 Å². The lowest BCUT2D eigenvalue weighted by Gasteiger charge is -2.20. The standard InChI is InChI=1S/C23H24F3NO3/c1-29-20-10-9-15(11-21(20)30-19-7-2-3-8-19)16-12-22(28)27(14-16)18-6-4-5-17(13-18)23(24,25)26/h4-6,9-11,13,16,19H,2-3,7-8,12,14H2,1H3/t16-/m1/s1. The Labute approximate surface area is 173 Å². The number of benzene rings is 2. The quantitative estimate of drug-likeness (QED) is 0.637. The van der Waals surface area contributed by atoms with Gasteiger partial charge in [0.2, 0.25) is 5.91 Å². The molecule has 0 spiro atoms. The van der Waals surface area contributed by atoms with Crippen molar-refractivity contribution in [2.45, 2.75) is 50.3 Å². The lowest BCUT2D eigenvalue weighted by Crippen LogP contribution is -2.24. The Kier molecular flexibility index (Phi) is 5.62. The highest BCUT2D eigenvalue weighted by molar-refractivity contribution is 5.96. The van der Waals surface area contributed by atoms with Crippen LogP contribution in [0.15, 0.2) is 42.5 Å². The lowest BCUT2D eigenvalue weighted by atomic mass is 9.98. The van der Waals surface area contributed by atoms with E-state index in [1.807, 2.05) is 18.2 Å². The number of hydrogen-bond donors (Lipinski definition) is 0. The Morgan fingerprint density at radius 1 is 1.03 bits per heavy atom. The topological polar surface area (TPSA) is 38.8 Å². The molecule has 0 radical (unpaired) electrons. The van der Waals surface area contributed by atoms with Gasteiger partial charge in [-0.2, -0.15) is 13.2 Å². The average molecular weight is 419 g/mol. The summed E-state index contributed by atoms with van der Waals surface area (Å²) in [5.41, 5.74) is 0.438. The van der Waals surface area contributed by atoms with Crippen molar-refractivity contribution in [1.29, 1.82) is 0 Å². The molecule has 0 aromatic heterocycles. The number of ether oxygens (including phenoxy) is 2. The number of hydrogen-bond acceptors (Lipinski definition) is 3. The van der Waals surface area contributed by atoms with Gasteiger partial charge in [0.25, 0.3) is 0 Å². The van der Waals surface area contributed by atoms with Gasteiger partial charge in [-0.15, -0.1) is 0 Å². The second-order valence-corrected chi connectivity index (χ2v) is 7.89. The molecule has 4 nitrogen and oxygen atoms in total. The van der Waals surface area contributed by atoms with Gasteiger partial charge < -0.3 is 14.4 Å². The van der Waals surface area contributed by atoms with E-state index in [-0.39, 0.29) is 30.0 Å². The highest BCUT2D eigenvalue weighted by atomic mass is 19.4. The summed E-state index contributed by atoms with van der Waals surface area (Å²) in [6, 6.07) is 10.5. The smallest absolute Gasteiger partial charge is 0.416 e. The highest BCUT2D eigenvalue weighted by Gasteiger charge is 2.35. The van der Waals surface area contributed by atoms with Crippen molar-refractivity contribution in [2.24, 2.45) is 0 Å². The Hall–Kier alpha value is -2.70. The van der Waals surface area contributed by atoms with Crippen LogP contribution in [-0.4, -0.2) is 25.7 Å². The van der Waals surface area contributed by atoms with Crippen LogP contribution in [0.2, 0.25) is 0 Å². The maximum Gasteiger partial charge on any atom is 0.416 e. The van der Waals surface area contributed by atoms with E-state index in [1.54, 1.807) is 7.11 Å². The lowest BCUT2D eigenvalue weighted by molar-refractivity contribution is -0.137. The Morgan fingerprint density at radius 3 is 2.50 bits per heavy atom. The van der Waals surface area contributed by atoms with Crippen molar-refractivity contribution < 1.29 is 27.4 Å². The largest absolute Gasteiger partial charge is 0.493 e. The first kappa shape index (κ1) is 20.6. The summed E-state index contributed by atoms with van der Waals surface area (Å²) in [7, 11) is 1.59. The summed E-state index contributed by atoms with van der Waals surface area (Å²) in [5, 5.41) is 0. The molecule has 30 heavy (non-hydrogen) atoms. The minimum absolute atomic E-state index is 0.121. The molecule has 1 amide bonds. The van der Waals surface area contributed by atoms with Crippen molar-refractivity contribution in [3.63, 3.8) is 0 Å². The molecule has 0 N–H and O–H groups in total. The fourth-order valence-corrected chi connectivity index (χ4v) is 4.26. The third kappa shape index (κ3) is 4.25. The monoisotopic (exact) mass is 419 g/mol. The fourth-order valence-electron chi connectivity index (χ4n) is 4.26. The number of carbonyl (C=O) groups excluding carboxylic acids is 1. The number of amides is 1. The molecule has 0 bridgehead atoms. The van der Waals surface area contributed by atoms with Crippen LogP contribution >= 0.6 is 0 Å². The highest BCUT2D eigenvalue weighted by Crippen LogP contribution is 2.39. The van der Waals surface area contributed by atoms with Crippen molar-refractivity contribution in [3.8, 4) is 11.5 Å². The number of methoxy groups -OCH3 is 1. The van der Waals surface area contributed by atoms with Crippen molar-refractivity contribution in [3.05, 3.63) is 53.6 Å². The number of alkyl halides is 3. The summed E-state index contributed by atoms with van der Waals surface area (Å²) < 4.78 is 50.7. The van der Waals surface area contributed by atoms with Crippen LogP contribution < -0.4 is 14.4 Å². The molecule has 1 atom stereocenters. The third-order valence-corrected chi connectivity index (χ3v) is 5.87. The molecule has 1 saturated carbocycles. The predicted molar refractivity (Wildman–Crippen MR) is 107 cm³/mol. The maximum atomic E-state index is 13.0. The molecule has 7 heteroatoms. The van der Waals surface area contributed by atoms with Gasteiger partial charge >= 0.3 is 6.18 Å². The summed E-state index contributed by atoms with van der Waals surface area (Å²) >= 11 is 0. The minimum Gasteiger partial charge on any atom is -0.493 e. The van der Waals surface area contributed by atoms with E-state index < -0.39 is 11.7 Å². The Morgan fingerprint density at radius 2 is 1.80 bits per heavy atom. The molecule has 1 aliphatic heterocycles. The summed E-state index contributed by atoms with van der Waals surface area (Å²) in [6.45, 7) is 0.329. The number of anilines is 1. The molecule has 1 saturated heterocycles. The normalized spacial score (nSPS) is 20.1. The van der Waals surface area contributed by atoms with E-state index in [2.05, 4.69) is 0 Å². The molecule has 1 aliphatic carbocycles. The van der Waals surface area contributed by atoms with Crippen LogP contribution in [0.5, 0.6) is 11.5 Å². The second-order valence-electron chi connectivity index (χ2n) is 7.89. The van der Waals surface area contributed by atoms with E-state index >= 15 is 0 Å². The summed E-state index contributed by atoms with van der Waals surface area (Å²) in [6.07, 6.45) is 0.287. The molecule has 1 heterocycles.